The van der Waals surface area contributed by atoms with Gasteiger partial charge in [-0.1, -0.05) is 13.0 Å². The Kier molecular flexibility index (Phi) is 6.40. The monoisotopic (exact) mass is 453 g/mol. The van der Waals surface area contributed by atoms with Gasteiger partial charge in [0.1, 0.15) is 0 Å². The molecule has 4 rings (SSSR count). The average Bonchev–Trinajstić information content (AvgIpc) is 3.21. The third kappa shape index (κ3) is 4.58. The SMILES string of the molecule is CCC(c1cc(F)c(F)c(F)c1)N1CCC/C(=C\c2ccc(-n3cnc(C)c3)c(C)c2)C1=O. The number of hydrogen-bond acceptors (Lipinski definition) is 2. The maximum Gasteiger partial charge on any atom is 0.250 e. The fourth-order valence-corrected chi connectivity index (χ4v) is 4.48. The standard InChI is InChI=1S/C26H26F3N3O/c1-4-23(20-12-21(27)25(29)22(28)13-20)32-9-5-6-19(26(32)33)11-18-7-8-24(16(2)10-18)31-14-17(3)30-15-31/h7-8,10-15,23H,4-6,9H2,1-3H3/b19-11+. The third-order valence-electron chi connectivity index (χ3n) is 6.09. The molecule has 0 bridgehead atoms. The Hall–Kier alpha value is -3.35. The van der Waals surface area contributed by atoms with E-state index in [2.05, 4.69) is 4.98 Å². The van der Waals surface area contributed by atoms with Crippen molar-refractivity contribution in [2.75, 3.05) is 6.54 Å². The lowest BCUT2D eigenvalue weighted by Gasteiger charge is -2.35. The van der Waals surface area contributed by atoms with Crippen molar-refractivity contribution in [3.63, 3.8) is 0 Å². The molecule has 1 saturated heterocycles. The molecule has 33 heavy (non-hydrogen) atoms. The number of hydrogen-bond donors (Lipinski definition) is 0. The van der Waals surface area contributed by atoms with E-state index in [-0.39, 0.29) is 11.5 Å². The largest absolute Gasteiger partial charge is 0.332 e. The molecule has 1 unspecified atom stereocenters. The number of benzene rings is 2. The van der Waals surface area contributed by atoms with E-state index < -0.39 is 23.5 Å². The van der Waals surface area contributed by atoms with Crippen LogP contribution in [0.25, 0.3) is 11.8 Å². The summed E-state index contributed by atoms with van der Waals surface area (Å²) in [5, 5.41) is 0. The Morgan fingerprint density at radius 2 is 1.85 bits per heavy atom. The summed E-state index contributed by atoms with van der Waals surface area (Å²) in [5.41, 5.74) is 4.81. The number of rotatable bonds is 5. The molecule has 1 aromatic heterocycles. The van der Waals surface area contributed by atoms with Gasteiger partial charge in [0, 0.05) is 24.0 Å². The van der Waals surface area contributed by atoms with Crippen LogP contribution in [0.4, 0.5) is 13.2 Å². The van der Waals surface area contributed by atoms with Gasteiger partial charge in [0.05, 0.1) is 18.1 Å². The van der Waals surface area contributed by atoms with Crippen LogP contribution < -0.4 is 0 Å². The van der Waals surface area contributed by atoms with Crippen LogP contribution in [0.15, 0.2) is 48.4 Å². The van der Waals surface area contributed by atoms with Crippen LogP contribution in [-0.4, -0.2) is 26.9 Å². The van der Waals surface area contributed by atoms with Gasteiger partial charge in [0.15, 0.2) is 17.5 Å². The van der Waals surface area contributed by atoms with Crippen molar-refractivity contribution in [1.29, 1.82) is 0 Å². The molecular weight excluding hydrogens is 427 g/mol. The Morgan fingerprint density at radius 3 is 2.45 bits per heavy atom. The summed E-state index contributed by atoms with van der Waals surface area (Å²) in [6, 6.07) is 7.41. The Bertz CT molecular complexity index is 1210. The normalized spacial score (nSPS) is 16.5. The third-order valence-corrected chi connectivity index (χ3v) is 6.09. The molecule has 1 aliphatic heterocycles. The lowest BCUT2D eigenvalue weighted by molar-refractivity contribution is -0.131. The molecule has 0 radical (unpaired) electrons. The predicted octanol–water partition coefficient (Wildman–Crippen LogP) is 6.06. The van der Waals surface area contributed by atoms with Crippen LogP contribution in [0, 0.1) is 31.3 Å². The van der Waals surface area contributed by atoms with E-state index >= 15 is 0 Å². The first-order valence-electron chi connectivity index (χ1n) is 11.1. The molecule has 1 fully saturated rings. The number of aromatic nitrogens is 2. The smallest absolute Gasteiger partial charge is 0.250 e. The maximum absolute atomic E-state index is 13.8. The van der Waals surface area contributed by atoms with Gasteiger partial charge in [-0.2, -0.15) is 0 Å². The number of aryl methyl sites for hydroxylation is 2. The van der Waals surface area contributed by atoms with Gasteiger partial charge in [0.25, 0.3) is 0 Å². The highest BCUT2D eigenvalue weighted by atomic mass is 19.2. The van der Waals surface area contributed by atoms with E-state index in [1.165, 1.54) is 0 Å². The van der Waals surface area contributed by atoms with Gasteiger partial charge in [-0.25, -0.2) is 18.2 Å². The maximum atomic E-state index is 13.8. The first kappa shape index (κ1) is 22.8. The Balaban J connectivity index is 1.61. The van der Waals surface area contributed by atoms with E-state index in [9.17, 15) is 18.0 Å². The molecular formula is C26H26F3N3O. The Morgan fingerprint density at radius 1 is 1.12 bits per heavy atom. The number of halogens is 3. The minimum Gasteiger partial charge on any atom is -0.332 e. The molecule has 0 saturated carbocycles. The molecule has 0 N–H and O–H groups in total. The quantitative estimate of drug-likeness (QED) is 0.348. The topological polar surface area (TPSA) is 38.1 Å². The Labute approximate surface area is 191 Å². The van der Waals surface area contributed by atoms with Crippen molar-refractivity contribution in [1.82, 2.24) is 14.5 Å². The number of amides is 1. The lowest BCUT2D eigenvalue weighted by atomic mass is 9.95. The molecule has 172 valence electrons. The highest BCUT2D eigenvalue weighted by Crippen LogP contribution is 2.32. The number of carbonyl (C=O) groups is 1. The first-order chi connectivity index (χ1) is 15.8. The van der Waals surface area contributed by atoms with E-state index in [0.717, 1.165) is 41.1 Å². The molecule has 7 heteroatoms. The van der Waals surface area contributed by atoms with Crippen LogP contribution in [0.3, 0.4) is 0 Å². The molecule has 1 atom stereocenters. The lowest BCUT2D eigenvalue weighted by Crippen LogP contribution is -2.39. The van der Waals surface area contributed by atoms with Gasteiger partial charge in [-0.05, 0) is 80.1 Å². The van der Waals surface area contributed by atoms with Gasteiger partial charge in [-0.15, -0.1) is 0 Å². The second-order valence-electron chi connectivity index (χ2n) is 8.46. The number of carbonyl (C=O) groups excluding carboxylic acids is 1. The summed E-state index contributed by atoms with van der Waals surface area (Å²) in [6.07, 6.45) is 7.43. The highest BCUT2D eigenvalue weighted by molar-refractivity contribution is 5.98. The van der Waals surface area contributed by atoms with Crippen molar-refractivity contribution < 1.29 is 18.0 Å². The van der Waals surface area contributed by atoms with Crippen LogP contribution in [0.5, 0.6) is 0 Å². The zero-order valence-corrected chi connectivity index (χ0v) is 18.9. The second kappa shape index (κ2) is 9.25. The predicted molar refractivity (Wildman–Crippen MR) is 121 cm³/mol. The molecule has 1 amide bonds. The zero-order valence-electron chi connectivity index (χ0n) is 18.9. The van der Waals surface area contributed by atoms with Crippen molar-refractivity contribution >= 4 is 12.0 Å². The van der Waals surface area contributed by atoms with Crippen molar-refractivity contribution in [3.8, 4) is 5.69 Å². The summed E-state index contributed by atoms with van der Waals surface area (Å²) < 4.78 is 43.0. The summed E-state index contributed by atoms with van der Waals surface area (Å²) in [7, 11) is 0. The summed E-state index contributed by atoms with van der Waals surface area (Å²) in [6.45, 7) is 6.26. The van der Waals surface area contributed by atoms with E-state index in [4.69, 9.17) is 0 Å². The van der Waals surface area contributed by atoms with Gasteiger partial charge >= 0.3 is 0 Å². The van der Waals surface area contributed by atoms with Crippen molar-refractivity contribution in [3.05, 3.63) is 88.3 Å². The van der Waals surface area contributed by atoms with Crippen molar-refractivity contribution in [2.45, 2.75) is 46.1 Å². The zero-order chi connectivity index (χ0) is 23.7. The van der Waals surface area contributed by atoms with E-state index in [1.54, 1.807) is 11.2 Å². The van der Waals surface area contributed by atoms with Crippen LogP contribution >= 0.6 is 0 Å². The second-order valence-corrected chi connectivity index (χ2v) is 8.46. The molecule has 3 aromatic rings. The van der Waals surface area contributed by atoms with Gasteiger partial charge in [0.2, 0.25) is 5.91 Å². The molecule has 0 spiro atoms. The molecule has 2 aromatic carbocycles. The van der Waals surface area contributed by atoms with Crippen LogP contribution in [0.1, 0.15) is 54.6 Å². The number of likely N-dealkylation sites (tertiary alicyclic amines) is 1. The average molecular weight is 454 g/mol. The highest BCUT2D eigenvalue weighted by Gasteiger charge is 2.30. The minimum atomic E-state index is -1.50. The van der Waals surface area contributed by atoms with Crippen molar-refractivity contribution in [2.24, 2.45) is 0 Å². The summed E-state index contributed by atoms with van der Waals surface area (Å²) in [4.78, 5) is 19.2. The summed E-state index contributed by atoms with van der Waals surface area (Å²) >= 11 is 0. The van der Waals surface area contributed by atoms with Crippen LogP contribution in [-0.2, 0) is 4.79 Å². The number of nitrogens with zero attached hydrogens (tertiary/aromatic N) is 3. The molecule has 0 aliphatic carbocycles. The fourth-order valence-electron chi connectivity index (χ4n) is 4.48. The van der Waals surface area contributed by atoms with Gasteiger partial charge in [-0.3, -0.25) is 4.79 Å². The van der Waals surface area contributed by atoms with E-state index in [0.29, 0.717) is 25.0 Å². The summed E-state index contributed by atoms with van der Waals surface area (Å²) in [5.74, 6) is -4.14. The first-order valence-corrected chi connectivity index (χ1v) is 11.1. The minimum absolute atomic E-state index is 0.162. The van der Waals surface area contributed by atoms with E-state index in [1.807, 2.05) is 55.8 Å². The number of imidazole rings is 1. The van der Waals surface area contributed by atoms with Gasteiger partial charge < -0.3 is 9.47 Å². The molecule has 1 aliphatic rings. The molecule has 4 nitrogen and oxygen atoms in total. The fraction of sp³-hybridized carbons (Fsp3) is 0.308. The molecule has 2 heterocycles. The number of piperidine rings is 1. The van der Waals surface area contributed by atoms with Crippen LogP contribution in [0.2, 0.25) is 0 Å².